The van der Waals surface area contributed by atoms with E-state index in [0.29, 0.717) is 21.1 Å². The third kappa shape index (κ3) is 7.68. The molecule has 0 spiro atoms. The number of halogens is 4. The number of nitrogens with zero attached hydrogens (tertiary/aromatic N) is 2. The number of alkyl carbamates (subject to hydrolysis) is 1. The van der Waals surface area contributed by atoms with Crippen LogP contribution in [0.25, 0.3) is 10.4 Å². The van der Waals surface area contributed by atoms with Crippen molar-refractivity contribution in [1.82, 2.24) is 10.3 Å². The Morgan fingerprint density at radius 1 is 1.17 bits per heavy atom. The van der Waals surface area contributed by atoms with Gasteiger partial charge in [0.25, 0.3) is 0 Å². The Labute approximate surface area is 209 Å². The van der Waals surface area contributed by atoms with Gasteiger partial charge in [-0.05, 0) is 62.6 Å². The van der Waals surface area contributed by atoms with Gasteiger partial charge in [-0.15, -0.1) is 0 Å². The lowest BCUT2D eigenvalue weighted by Gasteiger charge is -2.24. The second kappa shape index (κ2) is 11.0. The summed E-state index contributed by atoms with van der Waals surface area (Å²) in [6.07, 6.45) is -3.27. The molecule has 1 atom stereocenters. The second-order valence-corrected chi connectivity index (χ2v) is 9.99. The lowest BCUT2D eigenvalue weighted by atomic mass is 10.0. The highest BCUT2D eigenvalue weighted by Crippen LogP contribution is 2.31. The number of carbonyl (C=O) groups is 1. The maximum Gasteiger partial charge on any atom is 0.416 e. The molecule has 1 heterocycles. The molecule has 0 saturated heterocycles. The third-order valence-electron chi connectivity index (χ3n) is 4.86. The normalized spacial score (nSPS) is 12.5. The van der Waals surface area contributed by atoms with Crippen molar-refractivity contribution in [1.29, 1.82) is 5.26 Å². The molecule has 2 aromatic carbocycles. The Hall–Kier alpha value is -3.65. The van der Waals surface area contributed by atoms with Gasteiger partial charge in [-0.25, -0.2) is 14.2 Å². The smallest absolute Gasteiger partial charge is 0.416 e. The lowest BCUT2D eigenvalue weighted by Crippen LogP contribution is -2.43. The Balaban J connectivity index is 1.72. The number of benzene rings is 2. The average molecular weight is 521 g/mol. The first-order valence-corrected chi connectivity index (χ1v) is 11.7. The first-order valence-electron chi connectivity index (χ1n) is 10.9. The van der Waals surface area contributed by atoms with Crippen LogP contribution in [0, 0.1) is 17.1 Å². The minimum absolute atomic E-state index is 0.0754. The van der Waals surface area contributed by atoms with Crippen LogP contribution < -0.4 is 10.6 Å². The quantitative estimate of drug-likeness (QED) is 0.353. The predicted molar refractivity (Wildman–Crippen MR) is 129 cm³/mol. The fraction of sp³-hybridized carbons (Fsp3) is 0.320. The number of nitrogens with one attached hydrogen (secondary N) is 2. The largest absolute Gasteiger partial charge is 0.444 e. The number of aromatic nitrogens is 1. The van der Waals surface area contributed by atoms with Crippen molar-refractivity contribution < 1.29 is 27.1 Å². The van der Waals surface area contributed by atoms with Crippen LogP contribution in [0.4, 0.5) is 27.5 Å². The molecule has 0 aliphatic rings. The first-order chi connectivity index (χ1) is 16.8. The second-order valence-electron chi connectivity index (χ2n) is 8.96. The number of alkyl halides is 3. The maximum absolute atomic E-state index is 13.6. The van der Waals surface area contributed by atoms with Gasteiger partial charge in [0.2, 0.25) is 0 Å². The SMILES string of the molecule is CC(C)(C)OC(=O)NC(CNc1ncc(-c2ccc(F)c(C#N)c2)s1)Cc1ccc(C(F)(F)F)cc1. The van der Waals surface area contributed by atoms with Crippen molar-refractivity contribution in [3.8, 4) is 16.5 Å². The number of carbonyl (C=O) groups excluding carboxylic acids is 1. The van der Waals surface area contributed by atoms with E-state index < -0.39 is 35.3 Å². The molecule has 3 aromatic rings. The summed E-state index contributed by atoms with van der Waals surface area (Å²) in [5, 5.41) is 15.4. The molecule has 190 valence electrons. The minimum Gasteiger partial charge on any atom is -0.444 e. The van der Waals surface area contributed by atoms with Gasteiger partial charge in [-0.1, -0.05) is 29.5 Å². The summed E-state index contributed by atoms with van der Waals surface area (Å²) in [7, 11) is 0. The lowest BCUT2D eigenvalue weighted by molar-refractivity contribution is -0.137. The van der Waals surface area contributed by atoms with E-state index in [1.807, 2.05) is 0 Å². The van der Waals surface area contributed by atoms with E-state index in [2.05, 4.69) is 15.6 Å². The molecule has 0 saturated carbocycles. The fourth-order valence-electron chi connectivity index (χ4n) is 3.23. The van der Waals surface area contributed by atoms with Gasteiger partial charge in [0.15, 0.2) is 5.13 Å². The van der Waals surface area contributed by atoms with E-state index in [9.17, 15) is 22.4 Å². The van der Waals surface area contributed by atoms with Crippen molar-refractivity contribution in [2.75, 3.05) is 11.9 Å². The minimum atomic E-state index is -4.44. The summed E-state index contributed by atoms with van der Waals surface area (Å²) >= 11 is 1.27. The standard InChI is InChI=1S/C25H24F4N4O2S/c1-24(2,3)35-23(34)33-19(10-15-4-7-18(8-5-15)25(27,28)29)13-31-22-32-14-21(36-22)16-6-9-20(26)17(11-16)12-30/h4-9,11,14,19H,10,13H2,1-3H3,(H,31,32)(H,33,34). The van der Waals surface area contributed by atoms with Crippen LogP contribution in [0.15, 0.2) is 48.7 Å². The van der Waals surface area contributed by atoms with Gasteiger partial charge in [0.1, 0.15) is 17.5 Å². The van der Waals surface area contributed by atoms with E-state index in [4.69, 9.17) is 10.00 Å². The van der Waals surface area contributed by atoms with Crippen LogP contribution >= 0.6 is 11.3 Å². The maximum atomic E-state index is 13.6. The molecule has 36 heavy (non-hydrogen) atoms. The topological polar surface area (TPSA) is 87.0 Å². The Bertz CT molecular complexity index is 1240. The van der Waals surface area contributed by atoms with Gasteiger partial charge < -0.3 is 15.4 Å². The van der Waals surface area contributed by atoms with Gasteiger partial charge in [-0.2, -0.15) is 18.4 Å². The van der Waals surface area contributed by atoms with Crippen LogP contribution in [0.1, 0.15) is 37.5 Å². The van der Waals surface area contributed by atoms with E-state index in [0.717, 1.165) is 12.1 Å². The Morgan fingerprint density at radius 2 is 1.86 bits per heavy atom. The zero-order chi connectivity index (χ0) is 26.5. The summed E-state index contributed by atoms with van der Waals surface area (Å²) in [5.41, 5.74) is -0.323. The van der Waals surface area contributed by atoms with E-state index in [-0.39, 0.29) is 18.5 Å². The number of hydrogen-bond donors (Lipinski definition) is 2. The zero-order valence-corrected chi connectivity index (χ0v) is 20.6. The molecule has 0 aliphatic heterocycles. The van der Waals surface area contributed by atoms with Gasteiger partial charge >= 0.3 is 12.3 Å². The average Bonchev–Trinajstić information content (AvgIpc) is 3.25. The number of ether oxygens (including phenoxy) is 1. The number of hydrogen-bond acceptors (Lipinski definition) is 6. The van der Waals surface area contributed by atoms with Crippen LogP contribution in [-0.4, -0.2) is 29.3 Å². The highest BCUT2D eigenvalue weighted by atomic mass is 32.1. The van der Waals surface area contributed by atoms with Crippen LogP contribution in [0.3, 0.4) is 0 Å². The molecular weight excluding hydrogens is 496 g/mol. The molecule has 0 bridgehead atoms. The van der Waals surface area contributed by atoms with Gasteiger partial charge in [0, 0.05) is 12.7 Å². The van der Waals surface area contributed by atoms with Crippen molar-refractivity contribution in [2.24, 2.45) is 0 Å². The fourth-order valence-corrected chi connectivity index (χ4v) is 4.05. The Kier molecular flexibility index (Phi) is 8.20. The molecule has 2 N–H and O–H groups in total. The van der Waals surface area contributed by atoms with Crippen molar-refractivity contribution in [2.45, 2.75) is 45.0 Å². The number of nitriles is 1. The highest BCUT2D eigenvalue weighted by Gasteiger charge is 2.30. The molecule has 0 aliphatic carbocycles. The van der Waals surface area contributed by atoms with Crippen molar-refractivity contribution in [3.05, 3.63) is 71.2 Å². The van der Waals surface area contributed by atoms with Crippen molar-refractivity contribution in [3.63, 3.8) is 0 Å². The van der Waals surface area contributed by atoms with Crippen LogP contribution in [0.2, 0.25) is 0 Å². The summed E-state index contributed by atoms with van der Waals surface area (Å²) in [5.74, 6) is -0.608. The molecule has 11 heteroatoms. The monoisotopic (exact) mass is 520 g/mol. The molecule has 0 fully saturated rings. The predicted octanol–water partition coefficient (Wildman–Crippen LogP) is 6.39. The molecular formula is C25H24F4N4O2S. The molecule has 1 amide bonds. The van der Waals surface area contributed by atoms with Crippen molar-refractivity contribution >= 4 is 22.6 Å². The van der Waals surface area contributed by atoms with Gasteiger partial charge in [0.05, 0.1) is 22.0 Å². The molecule has 1 aromatic heterocycles. The number of thiazole rings is 1. The number of rotatable bonds is 7. The number of amides is 1. The number of anilines is 1. The molecule has 1 unspecified atom stereocenters. The summed E-state index contributed by atoms with van der Waals surface area (Å²) < 4.78 is 57.6. The van der Waals surface area contributed by atoms with Crippen LogP contribution in [-0.2, 0) is 17.3 Å². The summed E-state index contributed by atoms with van der Waals surface area (Å²) in [6.45, 7) is 5.37. The Morgan fingerprint density at radius 3 is 2.47 bits per heavy atom. The van der Waals surface area contributed by atoms with E-state index in [1.54, 1.807) is 39.1 Å². The van der Waals surface area contributed by atoms with E-state index >= 15 is 0 Å². The van der Waals surface area contributed by atoms with Gasteiger partial charge in [-0.3, -0.25) is 0 Å². The molecule has 3 rings (SSSR count). The first kappa shape index (κ1) is 26.9. The third-order valence-corrected chi connectivity index (χ3v) is 5.87. The van der Waals surface area contributed by atoms with E-state index in [1.165, 1.54) is 35.6 Å². The summed E-state index contributed by atoms with van der Waals surface area (Å²) in [6, 6.07) is 10.2. The molecule has 6 nitrogen and oxygen atoms in total. The zero-order valence-electron chi connectivity index (χ0n) is 19.7. The molecule has 0 radical (unpaired) electrons. The highest BCUT2D eigenvalue weighted by molar-refractivity contribution is 7.18. The summed E-state index contributed by atoms with van der Waals surface area (Å²) in [4.78, 5) is 17.3. The van der Waals surface area contributed by atoms with Crippen LogP contribution in [0.5, 0.6) is 0 Å².